The molecule has 0 saturated carbocycles. The Balaban J connectivity index is 1.74. The van der Waals surface area contributed by atoms with E-state index in [4.69, 9.17) is 0 Å². The molecule has 134 valence electrons. The summed E-state index contributed by atoms with van der Waals surface area (Å²) in [5, 5.41) is 0.612. The van der Waals surface area contributed by atoms with E-state index < -0.39 is 10.0 Å². The van der Waals surface area contributed by atoms with Crippen molar-refractivity contribution < 1.29 is 13.2 Å². The number of fused-ring (bicyclic) bond motifs is 1. The fourth-order valence-corrected chi connectivity index (χ4v) is 4.41. The standard InChI is InChI=1S/C18H23N3O3S/c1-14-8-9-16(15-6-5-10-19-18(14)15)25(23,24)20-11-13-21-12-4-2-3-7-17(21)22/h5-6,8-10,20H,2-4,7,11-13H2,1H3. The molecule has 0 radical (unpaired) electrons. The highest BCUT2D eigenvalue weighted by molar-refractivity contribution is 7.89. The van der Waals surface area contributed by atoms with E-state index in [0.717, 1.165) is 24.8 Å². The number of amides is 1. The van der Waals surface area contributed by atoms with Gasteiger partial charge in [-0.15, -0.1) is 0 Å². The number of pyridine rings is 1. The number of benzene rings is 1. The number of rotatable bonds is 5. The zero-order valence-electron chi connectivity index (χ0n) is 14.4. The van der Waals surface area contributed by atoms with Gasteiger partial charge >= 0.3 is 0 Å². The van der Waals surface area contributed by atoms with Gasteiger partial charge in [-0.05, 0) is 43.5 Å². The molecule has 1 fully saturated rings. The SMILES string of the molecule is Cc1ccc(S(=O)(=O)NCCN2CCCCCC2=O)c2cccnc12. The molecule has 0 unspecified atom stereocenters. The zero-order valence-corrected chi connectivity index (χ0v) is 15.2. The van der Waals surface area contributed by atoms with Crippen molar-refractivity contribution in [2.75, 3.05) is 19.6 Å². The van der Waals surface area contributed by atoms with E-state index in [9.17, 15) is 13.2 Å². The predicted molar refractivity (Wildman–Crippen MR) is 96.7 cm³/mol. The molecule has 1 aliphatic rings. The van der Waals surface area contributed by atoms with Crippen LogP contribution in [-0.2, 0) is 14.8 Å². The van der Waals surface area contributed by atoms with Gasteiger partial charge in [0.1, 0.15) is 0 Å². The first-order valence-electron chi connectivity index (χ1n) is 8.61. The van der Waals surface area contributed by atoms with Crippen molar-refractivity contribution in [3.63, 3.8) is 0 Å². The normalized spacial score (nSPS) is 16.2. The van der Waals surface area contributed by atoms with Crippen LogP contribution >= 0.6 is 0 Å². The molecule has 0 atom stereocenters. The molecule has 1 aromatic carbocycles. The molecule has 6 nitrogen and oxygen atoms in total. The van der Waals surface area contributed by atoms with E-state index in [0.29, 0.717) is 30.4 Å². The van der Waals surface area contributed by atoms with Gasteiger partial charge in [0.25, 0.3) is 0 Å². The quantitative estimate of drug-likeness (QED) is 0.886. The van der Waals surface area contributed by atoms with Crippen LogP contribution in [0.4, 0.5) is 0 Å². The van der Waals surface area contributed by atoms with Gasteiger partial charge in [-0.2, -0.15) is 0 Å². The molecule has 1 aliphatic heterocycles. The maximum Gasteiger partial charge on any atom is 0.241 e. The molecular weight excluding hydrogens is 338 g/mol. The minimum absolute atomic E-state index is 0.113. The molecule has 1 N–H and O–H groups in total. The van der Waals surface area contributed by atoms with Crippen molar-refractivity contribution in [3.8, 4) is 0 Å². The smallest absolute Gasteiger partial charge is 0.241 e. The van der Waals surface area contributed by atoms with Gasteiger partial charge < -0.3 is 4.90 Å². The average molecular weight is 361 g/mol. The van der Waals surface area contributed by atoms with Gasteiger partial charge in [0.2, 0.25) is 15.9 Å². The molecule has 0 bridgehead atoms. The third-order valence-corrected chi connectivity index (χ3v) is 6.09. The van der Waals surface area contributed by atoms with Crippen molar-refractivity contribution in [1.82, 2.24) is 14.6 Å². The molecule has 3 rings (SSSR count). The monoisotopic (exact) mass is 361 g/mol. The first kappa shape index (κ1) is 17.8. The summed E-state index contributed by atoms with van der Waals surface area (Å²) in [6.45, 7) is 3.23. The summed E-state index contributed by atoms with van der Waals surface area (Å²) in [7, 11) is -3.66. The number of nitrogens with zero attached hydrogens (tertiary/aromatic N) is 2. The van der Waals surface area contributed by atoms with Crippen LogP contribution in [0.2, 0.25) is 0 Å². The number of nitrogens with one attached hydrogen (secondary N) is 1. The summed E-state index contributed by atoms with van der Waals surface area (Å²) in [4.78, 5) is 18.3. The fourth-order valence-electron chi connectivity index (χ4n) is 3.19. The van der Waals surface area contributed by atoms with E-state index in [2.05, 4.69) is 9.71 Å². The number of aromatic nitrogens is 1. The Morgan fingerprint density at radius 2 is 2.04 bits per heavy atom. The van der Waals surface area contributed by atoms with Crippen LogP contribution in [0.3, 0.4) is 0 Å². The Labute approximate surface area is 148 Å². The zero-order chi connectivity index (χ0) is 17.9. The van der Waals surface area contributed by atoms with Gasteiger partial charge in [-0.3, -0.25) is 9.78 Å². The number of carbonyl (C=O) groups is 1. The minimum atomic E-state index is -3.66. The lowest BCUT2D eigenvalue weighted by Gasteiger charge is -2.20. The summed E-state index contributed by atoms with van der Waals surface area (Å²) in [6.07, 6.45) is 5.16. The predicted octanol–water partition coefficient (Wildman–Crippen LogP) is 2.22. The molecule has 0 spiro atoms. The number of hydrogen-bond acceptors (Lipinski definition) is 4. The summed E-state index contributed by atoms with van der Waals surface area (Å²) in [5.74, 6) is 0.113. The van der Waals surface area contributed by atoms with Gasteiger partial charge in [0.05, 0.1) is 10.4 Å². The van der Waals surface area contributed by atoms with Gasteiger partial charge in [0.15, 0.2) is 0 Å². The van der Waals surface area contributed by atoms with Crippen LogP contribution in [-0.4, -0.2) is 43.8 Å². The van der Waals surface area contributed by atoms with E-state index in [1.165, 1.54) is 0 Å². The van der Waals surface area contributed by atoms with Crippen LogP contribution in [0.25, 0.3) is 10.9 Å². The lowest BCUT2D eigenvalue weighted by atomic mass is 10.1. The highest BCUT2D eigenvalue weighted by atomic mass is 32.2. The van der Waals surface area contributed by atoms with Gasteiger partial charge in [-0.1, -0.05) is 12.5 Å². The molecule has 2 aromatic rings. The second-order valence-electron chi connectivity index (χ2n) is 6.37. The summed E-state index contributed by atoms with van der Waals surface area (Å²) < 4.78 is 28.0. The molecule has 1 aromatic heterocycles. The maximum absolute atomic E-state index is 12.7. The first-order chi connectivity index (χ1) is 12.0. The van der Waals surface area contributed by atoms with E-state index in [1.807, 2.05) is 6.92 Å². The fraction of sp³-hybridized carbons (Fsp3) is 0.444. The topological polar surface area (TPSA) is 79.4 Å². The Hall–Kier alpha value is -1.99. The van der Waals surface area contributed by atoms with E-state index >= 15 is 0 Å². The van der Waals surface area contributed by atoms with E-state index in [-0.39, 0.29) is 17.3 Å². The van der Waals surface area contributed by atoms with Crippen molar-refractivity contribution in [2.45, 2.75) is 37.5 Å². The van der Waals surface area contributed by atoms with Crippen molar-refractivity contribution in [3.05, 3.63) is 36.0 Å². The lowest BCUT2D eigenvalue weighted by Crippen LogP contribution is -2.38. The number of sulfonamides is 1. The van der Waals surface area contributed by atoms with E-state index in [1.54, 1.807) is 35.4 Å². The van der Waals surface area contributed by atoms with Crippen LogP contribution in [0.5, 0.6) is 0 Å². The Bertz CT molecular complexity index is 880. The van der Waals surface area contributed by atoms with Gasteiger partial charge in [-0.25, -0.2) is 13.1 Å². The lowest BCUT2D eigenvalue weighted by molar-refractivity contribution is -0.130. The maximum atomic E-state index is 12.7. The molecule has 2 heterocycles. The van der Waals surface area contributed by atoms with Crippen LogP contribution in [0.15, 0.2) is 35.4 Å². The summed E-state index contributed by atoms with van der Waals surface area (Å²) in [6, 6.07) is 6.87. The van der Waals surface area contributed by atoms with Crippen LogP contribution in [0.1, 0.15) is 31.2 Å². The van der Waals surface area contributed by atoms with Crippen molar-refractivity contribution in [2.24, 2.45) is 0 Å². The summed E-state index contributed by atoms with van der Waals surface area (Å²) >= 11 is 0. The van der Waals surface area contributed by atoms with Crippen molar-refractivity contribution in [1.29, 1.82) is 0 Å². The number of carbonyl (C=O) groups excluding carboxylic acids is 1. The largest absolute Gasteiger partial charge is 0.341 e. The highest BCUT2D eigenvalue weighted by Gasteiger charge is 2.20. The van der Waals surface area contributed by atoms with Crippen LogP contribution < -0.4 is 4.72 Å². The number of hydrogen-bond donors (Lipinski definition) is 1. The second kappa shape index (κ2) is 7.49. The minimum Gasteiger partial charge on any atom is -0.341 e. The second-order valence-corrected chi connectivity index (χ2v) is 8.10. The third kappa shape index (κ3) is 3.99. The first-order valence-corrected chi connectivity index (χ1v) is 10.1. The van der Waals surface area contributed by atoms with Crippen LogP contribution in [0, 0.1) is 6.92 Å². The highest BCUT2D eigenvalue weighted by Crippen LogP contribution is 2.24. The Morgan fingerprint density at radius 3 is 2.88 bits per heavy atom. The van der Waals surface area contributed by atoms with Gasteiger partial charge in [0, 0.05) is 37.6 Å². The Kier molecular flexibility index (Phi) is 5.34. The number of likely N-dealkylation sites (tertiary alicyclic amines) is 1. The van der Waals surface area contributed by atoms with Crippen molar-refractivity contribution >= 4 is 26.8 Å². The average Bonchev–Trinajstić information content (AvgIpc) is 2.80. The molecule has 1 saturated heterocycles. The third-order valence-electron chi connectivity index (χ3n) is 4.57. The molecule has 1 amide bonds. The number of aryl methyl sites for hydroxylation is 1. The molecule has 25 heavy (non-hydrogen) atoms. The molecule has 0 aliphatic carbocycles. The Morgan fingerprint density at radius 1 is 1.20 bits per heavy atom. The molecular formula is C18H23N3O3S. The molecule has 7 heteroatoms. The summed E-state index contributed by atoms with van der Waals surface area (Å²) in [5.41, 5.74) is 1.62.